The van der Waals surface area contributed by atoms with E-state index in [0.29, 0.717) is 11.4 Å². The van der Waals surface area contributed by atoms with Crippen molar-refractivity contribution in [2.45, 2.75) is 19.8 Å². The van der Waals surface area contributed by atoms with Crippen LogP contribution in [0.1, 0.15) is 21.5 Å². The van der Waals surface area contributed by atoms with Gasteiger partial charge in [0.2, 0.25) is 0 Å². The lowest BCUT2D eigenvalue weighted by Crippen LogP contribution is -2.44. The summed E-state index contributed by atoms with van der Waals surface area (Å²) in [4.78, 5) is 25.7. The fourth-order valence-corrected chi connectivity index (χ4v) is 4.40. The number of amides is 1. The first-order valence-corrected chi connectivity index (χ1v) is 11.0. The molecular formula is C24H21F4N5O2. The molecule has 2 aliphatic rings. The highest BCUT2D eigenvalue weighted by Crippen LogP contribution is 2.40. The largest absolute Gasteiger partial charge is 0.573 e. The summed E-state index contributed by atoms with van der Waals surface area (Å²) in [6, 6.07) is 8.34. The number of hydrogen-bond donors (Lipinski definition) is 1. The van der Waals surface area contributed by atoms with Crippen molar-refractivity contribution in [2.75, 3.05) is 36.0 Å². The number of fused-ring (bicyclic) bond motifs is 1. The van der Waals surface area contributed by atoms with E-state index in [1.54, 1.807) is 6.07 Å². The zero-order chi connectivity index (χ0) is 24.7. The summed E-state index contributed by atoms with van der Waals surface area (Å²) >= 11 is 0. The SMILES string of the molecule is Cc1cc(N2CCNCC2)nc(N2Cc3c(ccnc3-c3c(F)cccc3OC(F)(F)F)C2=O)c1. The fourth-order valence-electron chi connectivity index (χ4n) is 4.40. The van der Waals surface area contributed by atoms with E-state index in [4.69, 9.17) is 4.98 Å². The van der Waals surface area contributed by atoms with Crippen LogP contribution in [0.2, 0.25) is 0 Å². The van der Waals surface area contributed by atoms with Gasteiger partial charge in [0, 0.05) is 43.5 Å². The Morgan fingerprint density at radius 3 is 2.57 bits per heavy atom. The van der Waals surface area contributed by atoms with Crippen LogP contribution in [0.5, 0.6) is 5.75 Å². The third-order valence-corrected chi connectivity index (χ3v) is 5.95. The summed E-state index contributed by atoms with van der Waals surface area (Å²) in [5.41, 5.74) is 0.909. The molecule has 0 saturated carbocycles. The minimum atomic E-state index is -5.02. The van der Waals surface area contributed by atoms with Crippen molar-refractivity contribution in [1.82, 2.24) is 15.3 Å². The lowest BCUT2D eigenvalue weighted by Gasteiger charge is -2.29. The molecule has 4 heterocycles. The van der Waals surface area contributed by atoms with E-state index in [9.17, 15) is 22.4 Å². The predicted molar refractivity (Wildman–Crippen MR) is 121 cm³/mol. The van der Waals surface area contributed by atoms with Crippen LogP contribution in [0.25, 0.3) is 11.3 Å². The van der Waals surface area contributed by atoms with Gasteiger partial charge in [-0.3, -0.25) is 14.7 Å². The second-order valence-corrected chi connectivity index (χ2v) is 8.34. The average molecular weight is 487 g/mol. The fraction of sp³-hybridized carbons (Fsp3) is 0.292. The highest BCUT2D eigenvalue weighted by Gasteiger charge is 2.36. The molecule has 1 N–H and O–H groups in total. The second kappa shape index (κ2) is 8.81. The number of pyridine rings is 2. The number of anilines is 2. The number of nitrogens with one attached hydrogen (secondary N) is 1. The zero-order valence-electron chi connectivity index (χ0n) is 18.7. The molecule has 0 unspecified atom stereocenters. The van der Waals surface area contributed by atoms with Gasteiger partial charge in [-0.1, -0.05) is 6.07 Å². The Balaban J connectivity index is 1.55. The van der Waals surface area contributed by atoms with Crippen LogP contribution in [-0.4, -0.2) is 48.4 Å². The molecule has 3 aromatic rings. The number of aryl methyl sites for hydroxylation is 1. The summed E-state index contributed by atoms with van der Waals surface area (Å²) in [7, 11) is 0. The summed E-state index contributed by atoms with van der Waals surface area (Å²) in [6.07, 6.45) is -3.75. The third kappa shape index (κ3) is 4.51. The number of ether oxygens (including phenoxy) is 1. The van der Waals surface area contributed by atoms with Gasteiger partial charge in [0.15, 0.2) is 0 Å². The number of halogens is 4. The molecule has 0 spiro atoms. The second-order valence-electron chi connectivity index (χ2n) is 8.34. The lowest BCUT2D eigenvalue weighted by atomic mass is 10.0. The average Bonchev–Trinajstić information content (AvgIpc) is 3.15. The maximum Gasteiger partial charge on any atom is 0.573 e. The number of aromatic nitrogens is 2. The number of piperazine rings is 1. The molecule has 1 fully saturated rings. The highest BCUT2D eigenvalue weighted by atomic mass is 19.4. The molecule has 5 rings (SSSR count). The van der Waals surface area contributed by atoms with Gasteiger partial charge in [-0.25, -0.2) is 9.37 Å². The van der Waals surface area contributed by atoms with Crippen molar-refractivity contribution in [3.63, 3.8) is 0 Å². The highest BCUT2D eigenvalue weighted by molar-refractivity contribution is 6.10. The van der Waals surface area contributed by atoms with Gasteiger partial charge in [-0.05, 0) is 42.8 Å². The predicted octanol–water partition coefficient (Wildman–Crippen LogP) is 4.06. The lowest BCUT2D eigenvalue weighted by molar-refractivity contribution is -0.274. The summed E-state index contributed by atoms with van der Waals surface area (Å²) in [6.45, 7) is 5.06. The van der Waals surface area contributed by atoms with Gasteiger partial charge >= 0.3 is 6.36 Å². The summed E-state index contributed by atoms with van der Waals surface area (Å²) in [5, 5.41) is 3.28. The van der Waals surface area contributed by atoms with E-state index >= 15 is 0 Å². The van der Waals surface area contributed by atoms with Crippen LogP contribution >= 0.6 is 0 Å². The summed E-state index contributed by atoms with van der Waals surface area (Å²) < 4.78 is 57.8. The van der Waals surface area contributed by atoms with Gasteiger partial charge in [0.25, 0.3) is 5.91 Å². The van der Waals surface area contributed by atoms with Crippen LogP contribution < -0.4 is 19.9 Å². The van der Waals surface area contributed by atoms with Gasteiger partial charge < -0.3 is 15.0 Å². The molecule has 1 aromatic carbocycles. The maximum absolute atomic E-state index is 14.8. The number of carbonyl (C=O) groups excluding carboxylic acids is 1. The van der Waals surface area contributed by atoms with Crippen LogP contribution in [0.15, 0.2) is 42.6 Å². The molecule has 11 heteroatoms. The van der Waals surface area contributed by atoms with Gasteiger partial charge in [0.1, 0.15) is 23.2 Å². The molecule has 2 aliphatic heterocycles. The zero-order valence-corrected chi connectivity index (χ0v) is 18.7. The molecule has 35 heavy (non-hydrogen) atoms. The third-order valence-electron chi connectivity index (χ3n) is 5.95. The Morgan fingerprint density at radius 1 is 1.09 bits per heavy atom. The number of hydrogen-bond acceptors (Lipinski definition) is 6. The quantitative estimate of drug-likeness (QED) is 0.560. The van der Waals surface area contributed by atoms with E-state index in [0.717, 1.165) is 55.8 Å². The van der Waals surface area contributed by atoms with Gasteiger partial charge in [-0.2, -0.15) is 0 Å². The van der Waals surface area contributed by atoms with Crippen LogP contribution in [0.3, 0.4) is 0 Å². The Morgan fingerprint density at radius 2 is 1.83 bits per heavy atom. The van der Waals surface area contributed by atoms with Crippen molar-refractivity contribution in [3.8, 4) is 17.0 Å². The van der Waals surface area contributed by atoms with E-state index in [1.165, 1.54) is 17.2 Å². The minimum Gasteiger partial charge on any atom is -0.405 e. The van der Waals surface area contributed by atoms with Gasteiger partial charge in [0.05, 0.1) is 17.8 Å². The van der Waals surface area contributed by atoms with E-state index in [-0.39, 0.29) is 23.7 Å². The molecule has 0 radical (unpaired) electrons. The molecule has 0 bridgehead atoms. The summed E-state index contributed by atoms with van der Waals surface area (Å²) in [5.74, 6) is -0.903. The van der Waals surface area contributed by atoms with Crippen molar-refractivity contribution < 1.29 is 27.1 Å². The molecule has 182 valence electrons. The van der Waals surface area contributed by atoms with Crippen LogP contribution in [0, 0.1) is 12.7 Å². The first kappa shape index (κ1) is 23.0. The van der Waals surface area contributed by atoms with E-state index < -0.39 is 23.5 Å². The Kier molecular flexibility index (Phi) is 5.79. The van der Waals surface area contributed by atoms with Crippen molar-refractivity contribution in [1.29, 1.82) is 0 Å². The smallest absolute Gasteiger partial charge is 0.405 e. The van der Waals surface area contributed by atoms with Gasteiger partial charge in [-0.15, -0.1) is 13.2 Å². The molecule has 0 atom stereocenters. The standard InChI is InChI=1S/C24H21F4N5O2/c1-14-11-19(32-9-7-29-8-10-32)31-20(12-14)33-13-16-15(23(33)34)5-6-30-22(16)21-17(25)3-2-4-18(21)35-24(26,27)28/h2-6,11-12,29H,7-10,13H2,1H3. The van der Waals surface area contributed by atoms with Crippen molar-refractivity contribution in [3.05, 3.63) is 65.1 Å². The van der Waals surface area contributed by atoms with Crippen molar-refractivity contribution in [2.24, 2.45) is 0 Å². The Hall–Kier alpha value is -3.73. The molecule has 1 amide bonds. The number of rotatable bonds is 4. The first-order valence-electron chi connectivity index (χ1n) is 11.0. The molecule has 0 aliphatic carbocycles. The number of alkyl halides is 3. The normalized spacial score (nSPS) is 16.0. The molecule has 2 aromatic heterocycles. The number of benzene rings is 1. The van der Waals surface area contributed by atoms with E-state index in [1.807, 2.05) is 13.0 Å². The van der Waals surface area contributed by atoms with Crippen LogP contribution in [0.4, 0.5) is 29.2 Å². The van der Waals surface area contributed by atoms with E-state index in [2.05, 4.69) is 19.9 Å². The molecular weight excluding hydrogens is 466 g/mol. The first-order chi connectivity index (χ1) is 16.7. The Labute approximate surface area is 198 Å². The Bertz CT molecular complexity index is 1290. The maximum atomic E-state index is 14.8. The van der Waals surface area contributed by atoms with Crippen molar-refractivity contribution >= 4 is 17.5 Å². The minimum absolute atomic E-state index is 0.0193. The molecule has 1 saturated heterocycles. The number of nitrogens with zero attached hydrogens (tertiary/aromatic N) is 4. The monoisotopic (exact) mass is 487 g/mol. The molecule has 7 nitrogen and oxygen atoms in total. The number of carbonyl (C=O) groups is 1. The van der Waals surface area contributed by atoms with Crippen LogP contribution in [-0.2, 0) is 6.54 Å². The topological polar surface area (TPSA) is 70.6 Å².